The fourth-order valence-corrected chi connectivity index (χ4v) is 4.71. The van der Waals surface area contributed by atoms with Gasteiger partial charge in [0.15, 0.2) is 5.82 Å². The number of thiophene rings is 1. The zero-order chi connectivity index (χ0) is 20.5. The number of piperidine rings is 1. The van der Waals surface area contributed by atoms with Gasteiger partial charge in [-0.3, -0.25) is 0 Å². The number of esters is 1. The number of ether oxygens (including phenoxy) is 1. The molecule has 6 nitrogen and oxygen atoms in total. The molecule has 0 unspecified atom stereocenters. The number of likely N-dealkylation sites (N-methyl/N-ethyl adjacent to an activating group) is 1. The molecule has 3 aromatic rings. The minimum Gasteiger partial charge on any atom is -0.465 e. The van der Waals surface area contributed by atoms with Crippen LogP contribution in [0.15, 0.2) is 23.6 Å². The van der Waals surface area contributed by atoms with Crippen molar-refractivity contribution in [2.24, 2.45) is 0 Å². The number of fused-ring (bicyclic) bond motifs is 1. The van der Waals surface area contributed by atoms with E-state index in [2.05, 4.69) is 27.5 Å². The molecule has 0 aliphatic carbocycles. The summed E-state index contributed by atoms with van der Waals surface area (Å²) >= 11 is 1.34. The van der Waals surface area contributed by atoms with Crippen LogP contribution >= 0.6 is 11.3 Å². The van der Waals surface area contributed by atoms with Gasteiger partial charge in [-0.15, -0.1) is 21.5 Å². The number of rotatable bonds is 4. The second-order valence-corrected chi connectivity index (χ2v) is 8.34. The van der Waals surface area contributed by atoms with Crippen LogP contribution in [0.5, 0.6) is 0 Å². The summed E-state index contributed by atoms with van der Waals surface area (Å²) in [6.45, 7) is 3.79. The maximum atomic E-state index is 13.8. The van der Waals surface area contributed by atoms with Gasteiger partial charge in [0.1, 0.15) is 11.4 Å². The molecule has 0 bridgehead atoms. The van der Waals surface area contributed by atoms with Gasteiger partial charge < -0.3 is 15.0 Å². The highest BCUT2D eigenvalue weighted by Crippen LogP contribution is 2.32. The van der Waals surface area contributed by atoms with Gasteiger partial charge in [0.25, 0.3) is 0 Å². The minimum atomic E-state index is -0.450. The second kappa shape index (κ2) is 8.04. The first-order chi connectivity index (χ1) is 14.0. The quantitative estimate of drug-likeness (QED) is 0.649. The van der Waals surface area contributed by atoms with E-state index < -0.39 is 5.97 Å². The third kappa shape index (κ3) is 3.82. The molecule has 1 N–H and O–H groups in total. The van der Waals surface area contributed by atoms with E-state index >= 15 is 0 Å². The van der Waals surface area contributed by atoms with E-state index in [1.165, 1.54) is 23.8 Å². The third-order valence-corrected chi connectivity index (χ3v) is 6.29. The molecule has 1 saturated heterocycles. The molecule has 0 amide bonds. The molecule has 0 saturated carbocycles. The number of nitrogens with zero attached hydrogens (tertiary/aromatic N) is 3. The highest BCUT2D eigenvalue weighted by molar-refractivity contribution is 7.17. The fraction of sp³-hybridized carbons (Fsp3) is 0.381. The van der Waals surface area contributed by atoms with Gasteiger partial charge in [-0.25, -0.2) is 9.18 Å². The number of anilines is 1. The monoisotopic (exact) mass is 414 g/mol. The molecule has 0 radical (unpaired) electrons. The third-order valence-electron chi connectivity index (χ3n) is 5.37. The summed E-state index contributed by atoms with van der Waals surface area (Å²) in [5.74, 6) is -0.234. The Morgan fingerprint density at radius 3 is 2.97 bits per heavy atom. The van der Waals surface area contributed by atoms with Crippen LogP contribution in [-0.2, 0) is 4.74 Å². The Labute approximate surface area is 172 Å². The lowest BCUT2D eigenvalue weighted by Crippen LogP contribution is -2.40. The topological polar surface area (TPSA) is 67.3 Å². The van der Waals surface area contributed by atoms with Gasteiger partial charge in [0, 0.05) is 33.6 Å². The molecule has 0 spiro atoms. The number of aromatic nitrogens is 2. The average Bonchev–Trinajstić information content (AvgIpc) is 3.08. The van der Waals surface area contributed by atoms with E-state index in [0.717, 1.165) is 36.2 Å². The number of hydrogen-bond acceptors (Lipinski definition) is 7. The Bertz CT molecular complexity index is 1070. The summed E-state index contributed by atoms with van der Waals surface area (Å²) in [6, 6.07) is 5.62. The van der Waals surface area contributed by atoms with Crippen LogP contribution in [0.3, 0.4) is 0 Å². The van der Waals surface area contributed by atoms with Crippen molar-refractivity contribution >= 4 is 33.2 Å². The standard InChI is InChI=1S/C21H23FN4O2S/c1-12-18(21(27)28-3)20(23-14-5-4-8-26(2)10-14)25-24-19(12)13-6-7-15-16(22)11-29-17(15)9-13/h6-7,9,11,14H,4-5,8,10H2,1-3H3,(H,23,25)/t14-/m1/s1. The van der Waals surface area contributed by atoms with E-state index in [1.807, 2.05) is 13.0 Å². The lowest BCUT2D eigenvalue weighted by molar-refractivity contribution is 0.0600. The average molecular weight is 415 g/mol. The Morgan fingerprint density at radius 2 is 2.21 bits per heavy atom. The predicted molar refractivity (Wildman–Crippen MR) is 113 cm³/mol. The van der Waals surface area contributed by atoms with Crippen LogP contribution in [-0.4, -0.2) is 54.4 Å². The predicted octanol–water partition coefficient (Wildman–Crippen LogP) is 4.10. The minimum absolute atomic E-state index is 0.196. The van der Waals surface area contributed by atoms with E-state index in [9.17, 15) is 9.18 Å². The van der Waals surface area contributed by atoms with Crippen LogP contribution in [0.2, 0.25) is 0 Å². The Morgan fingerprint density at radius 1 is 1.38 bits per heavy atom. The molecular formula is C21H23FN4O2S. The smallest absolute Gasteiger partial charge is 0.342 e. The summed E-state index contributed by atoms with van der Waals surface area (Å²) in [5, 5.41) is 14.2. The van der Waals surface area contributed by atoms with Crippen molar-refractivity contribution in [3.63, 3.8) is 0 Å². The molecule has 4 rings (SSSR count). The lowest BCUT2D eigenvalue weighted by atomic mass is 10.0. The number of benzene rings is 1. The zero-order valence-corrected chi connectivity index (χ0v) is 17.5. The van der Waals surface area contributed by atoms with Crippen LogP contribution in [0.4, 0.5) is 10.2 Å². The normalized spacial score (nSPS) is 17.4. The van der Waals surface area contributed by atoms with E-state index in [-0.39, 0.29) is 11.9 Å². The highest BCUT2D eigenvalue weighted by atomic mass is 32.1. The summed E-state index contributed by atoms with van der Waals surface area (Å²) < 4.78 is 19.6. The zero-order valence-electron chi connectivity index (χ0n) is 16.7. The van der Waals surface area contributed by atoms with E-state index in [4.69, 9.17) is 4.74 Å². The molecule has 2 aromatic heterocycles. The van der Waals surface area contributed by atoms with Gasteiger partial charge >= 0.3 is 5.97 Å². The van der Waals surface area contributed by atoms with Gasteiger partial charge in [-0.2, -0.15) is 0 Å². The van der Waals surface area contributed by atoms with E-state index in [1.54, 1.807) is 12.1 Å². The Balaban J connectivity index is 1.74. The summed E-state index contributed by atoms with van der Waals surface area (Å²) in [5.41, 5.74) is 2.46. The number of carbonyl (C=O) groups is 1. The maximum Gasteiger partial charge on any atom is 0.342 e. The van der Waals surface area contributed by atoms with Crippen LogP contribution in [0.1, 0.15) is 28.8 Å². The van der Waals surface area contributed by atoms with Gasteiger partial charge in [0.2, 0.25) is 0 Å². The number of hydrogen-bond donors (Lipinski definition) is 1. The van der Waals surface area contributed by atoms with Gasteiger partial charge in [-0.05, 0) is 51.1 Å². The van der Waals surface area contributed by atoms with Crippen LogP contribution in [0.25, 0.3) is 21.3 Å². The number of likely N-dealkylation sites (tertiary alicyclic amines) is 1. The van der Waals surface area contributed by atoms with Crippen LogP contribution < -0.4 is 5.32 Å². The number of methoxy groups -OCH3 is 1. The van der Waals surface area contributed by atoms with Crippen molar-refractivity contribution in [2.75, 3.05) is 32.6 Å². The summed E-state index contributed by atoms with van der Waals surface area (Å²) in [4.78, 5) is 14.8. The molecule has 1 atom stereocenters. The molecule has 1 aliphatic heterocycles. The molecule has 1 aliphatic rings. The first-order valence-electron chi connectivity index (χ1n) is 9.55. The number of halogens is 1. The van der Waals surface area contributed by atoms with Crippen molar-refractivity contribution in [3.8, 4) is 11.3 Å². The molecular weight excluding hydrogens is 391 g/mol. The van der Waals surface area contributed by atoms with Crippen molar-refractivity contribution in [1.29, 1.82) is 0 Å². The maximum absolute atomic E-state index is 13.8. The molecule has 8 heteroatoms. The largest absolute Gasteiger partial charge is 0.465 e. The Hall–Kier alpha value is -2.58. The molecule has 152 valence electrons. The lowest BCUT2D eigenvalue weighted by Gasteiger charge is -2.31. The van der Waals surface area contributed by atoms with Crippen molar-refractivity contribution in [2.45, 2.75) is 25.8 Å². The summed E-state index contributed by atoms with van der Waals surface area (Å²) in [7, 11) is 3.44. The van der Waals surface area contributed by atoms with Crippen molar-refractivity contribution in [3.05, 3.63) is 40.5 Å². The van der Waals surface area contributed by atoms with Crippen molar-refractivity contribution < 1.29 is 13.9 Å². The van der Waals surface area contributed by atoms with Gasteiger partial charge in [0.05, 0.1) is 12.8 Å². The second-order valence-electron chi connectivity index (χ2n) is 7.43. The first-order valence-corrected chi connectivity index (χ1v) is 10.4. The van der Waals surface area contributed by atoms with Crippen LogP contribution in [0, 0.1) is 12.7 Å². The Kier molecular flexibility index (Phi) is 5.47. The number of nitrogens with one attached hydrogen (secondary N) is 1. The summed E-state index contributed by atoms with van der Waals surface area (Å²) in [6.07, 6.45) is 2.09. The van der Waals surface area contributed by atoms with E-state index in [0.29, 0.717) is 28.0 Å². The van der Waals surface area contributed by atoms with Crippen molar-refractivity contribution in [1.82, 2.24) is 15.1 Å². The SMILES string of the molecule is COC(=O)c1c(N[C@@H]2CCCN(C)C2)nnc(-c2ccc3c(F)csc3c2)c1C. The molecule has 1 fully saturated rings. The van der Waals surface area contributed by atoms with Gasteiger partial charge in [-0.1, -0.05) is 6.07 Å². The fourth-order valence-electron chi connectivity index (χ4n) is 3.87. The first kappa shape index (κ1) is 19.7. The molecule has 3 heterocycles. The molecule has 1 aromatic carbocycles. The highest BCUT2D eigenvalue weighted by Gasteiger charge is 2.25. The number of carbonyl (C=O) groups excluding carboxylic acids is 1. The molecule has 29 heavy (non-hydrogen) atoms.